The zero-order valence-electron chi connectivity index (χ0n) is 26.9. The largest absolute Gasteiger partial charge is 0.490 e. The van der Waals surface area contributed by atoms with Crippen LogP contribution in [0.5, 0.6) is 5.75 Å². The van der Waals surface area contributed by atoms with Gasteiger partial charge in [-0.25, -0.2) is 19.2 Å². The van der Waals surface area contributed by atoms with Crippen molar-refractivity contribution in [3.63, 3.8) is 0 Å². The van der Waals surface area contributed by atoms with Gasteiger partial charge in [0, 0.05) is 6.42 Å². The van der Waals surface area contributed by atoms with E-state index in [1.807, 2.05) is 0 Å². The Bertz CT molecular complexity index is 1250. The lowest BCUT2D eigenvalue weighted by Crippen LogP contribution is -2.58. The Hall–Kier alpha value is -3.91. The van der Waals surface area contributed by atoms with Crippen molar-refractivity contribution < 1.29 is 43.2 Å². The molecule has 14 heteroatoms. The zero-order valence-corrected chi connectivity index (χ0v) is 26.9. The van der Waals surface area contributed by atoms with Crippen LogP contribution >= 0.6 is 0 Å². The van der Waals surface area contributed by atoms with Crippen molar-refractivity contribution in [3.05, 3.63) is 29.8 Å². The minimum Gasteiger partial charge on any atom is -0.490 e. The summed E-state index contributed by atoms with van der Waals surface area (Å²) in [5.74, 6) is -3.87. The quantitative estimate of drug-likeness (QED) is 0.0732. The van der Waals surface area contributed by atoms with Crippen molar-refractivity contribution in [1.29, 1.82) is 5.41 Å². The predicted molar refractivity (Wildman–Crippen MR) is 164 cm³/mol. The Morgan fingerprint density at radius 2 is 1.64 bits per heavy atom. The van der Waals surface area contributed by atoms with E-state index in [4.69, 9.17) is 35.8 Å². The molecule has 0 saturated carbocycles. The maximum Gasteiger partial charge on any atom is 0.411 e. The SMILES string of the molecule is CC(C)(C)OC(=O)C(C(C(=N)N)C1CCNCC1)N1CC(COc2ccc(CC(N)(C(=O)O)C(=O)OC(C)(C)C)cc2)OC1=O. The van der Waals surface area contributed by atoms with Gasteiger partial charge < -0.3 is 40.8 Å². The summed E-state index contributed by atoms with van der Waals surface area (Å²) >= 11 is 0. The lowest BCUT2D eigenvalue weighted by Gasteiger charge is -2.38. The number of amides is 1. The fourth-order valence-corrected chi connectivity index (χ4v) is 5.39. The van der Waals surface area contributed by atoms with Gasteiger partial charge in [-0.15, -0.1) is 0 Å². The second-order valence-corrected chi connectivity index (χ2v) is 13.6. The molecule has 1 amide bonds. The third-order valence-electron chi connectivity index (χ3n) is 7.46. The first kappa shape index (κ1) is 35.6. The number of nitrogens with zero attached hydrogens (tertiary/aromatic N) is 1. The number of nitrogens with one attached hydrogen (secondary N) is 2. The van der Waals surface area contributed by atoms with Crippen LogP contribution in [0.2, 0.25) is 0 Å². The fourth-order valence-electron chi connectivity index (χ4n) is 5.39. The van der Waals surface area contributed by atoms with Crippen LogP contribution in [-0.2, 0) is 35.0 Å². The Morgan fingerprint density at radius 3 is 2.16 bits per heavy atom. The van der Waals surface area contributed by atoms with E-state index in [9.17, 15) is 24.3 Å². The van der Waals surface area contributed by atoms with Gasteiger partial charge in [0.05, 0.1) is 18.3 Å². The molecule has 14 nitrogen and oxygen atoms in total. The molecule has 1 aromatic carbocycles. The van der Waals surface area contributed by atoms with Crippen molar-refractivity contribution in [2.24, 2.45) is 23.3 Å². The van der Waals surface area contributed by atoms with E-state index in [1.165, 1.54) is 4.90 Å². The highest BCUT2D eigenvalue weighted by Gasteiger charge is 2.49. The minimum absolute atomic E-state index is 0.0137. The van der Waals surface area contributed by atoms with Crippen LogP contribution in [0.4, 0.5) is 4.79 Å². The number of piperidine rings is 1. The van der Waals surface area contributed by atoms with Crippen LogP contribution in [-0.4, -0.2) is 95.0 Å². The summed E-state index contributed by atoms with van der Waals surface area (Å²) in [5, 5.41) is 21.3. The van der Waals surface area contributed by atoms with E-state index in [1.54, 1.807) is 65.8 Å². The van der Waals surface area contributed by atoms with Crippen LogP contribution in [0.15, 0.2) is 24.3 Å². The number of amidine groups is 1. The zero-order chi connectivity index (χ0) is 33.7. The number of cyclic esters (lactones) is 1. The average Bonchev–Trinajstić information content (AvgIpc) is 3.28. The molecule has 0 spiro atoms. The number of carboxylic acids is 1. The topological polar surface area (TPSA) is 217 Å². The number of carbonyl (C=O) groups is 4. The molecule has 0 bridgehead atoms. The Kier molecular flexibility index (Phi) is 11.1. The lowest BCUT2D eigenvalue weighted by atomic mass is 9.78. The molecule has 4 atom stereocenters. The van der Waals surface area contributed by atoms with E-state index in [2.05, 4.69) is 5.32 Å². The summed E-state index contributed by atoms with van der Waals surface area (Å²) in [6, 6.07) is 5.16. The van der Waals surface area contributed by atoms with E-state index in [0.29, 0.717) is 37.2 Å². The van der Waals surface area contributed by atoms with Crippen LogP contribution in [0.25, 0.3) is 0 Å². The third kappa shape index (κ3) is 9.54. The molecule has 0 radical (unpaired) electrons. The Balaban J connectivity index is 1.71. The highest BCUT2D eigenvalue weighted by Crippen LogP contribution is 2.32. The molecule has 1 aromatic rings. The van der Waals surface area contributed by atoms with E-state index >= 15 is 0 Å². The number of carbonyl (C=O) groups excluding carboxylic acids is 3. The van der Waals surface area contributed by atoms with E-state index < -0.39 is 58.8 Å². The average molecular weight is 634 g/mol. The van der Waals surface area contributed by atoms with E-state index in [0.717, 1.165) is 0 Å². The van der Waals surface area contributed by atoms with Crippen LogP contribution < -0.4 is 21.5 Å². The number of benzene rings is 1. The first-order chi connectivity index (χ1) is 20.8. The number of esters is 2. The molecule has 2 saturated heterocycles. The molecule has 0 aliphatic carbocycles. The normalized spacial score (nSPS) is 20.4. The Labute approximate surface area is 263 Å². The first-order valence-electron chi connectivity index (χ1n) is 15.0. The van der Waals surface area contributed by atoms with Gasteiger partial charge in [0.2, 0.25) is 5.54 Å². The predicted octanol–water partition coefficient (Wildman–Crippen LogP) is 1.81. The molecule has 250 valence electrons. The molecular formula is C31H47N5O9. The van der Waals surface area contributed by atoms with Gasteiger partial charge in [0.15, 0.2) is 6.10 Å². The maximum atomic E-state index is 13.5. The molecule has 2 aliphatic rings. The molecule has 4 unspecified atom stereocenters. The molecule has 7 N–H and O–H groups in total. The number of carboxylic acid groups (broad SMARTS) is 1. The molecule has 2 heterocycles. The van der Waals surface area contributed by atoms with Crippen molar-refractivity contribution in [3.8, 4) is 5.75 Å². The van der Waals surface area contributed by atoms with Gasteiger partial charge >= 0.3 is 24.0 Å². The third-order valence-corrected chi connectivity index (χ3v) is 7.46. The summed E-state index contributed by atoms with van der Waals surface area (Å²) in [6.07, 6.45) is -0.411. The van der Waals surface area contributed by atoms with Crippen LogP contribution in [0, 0.1) is 17.2 Å². The highest BCUT2D eigenvalue weighted by molar-refractivity contribution is 6.04. The van der Waals surface area contributed by atoms with Gasteiger partial charge in [-0.3, -0.25) is 10.3 Å². The van der Waals surface area contributed by atoms with Gasteiger partial charge in [-0.05, 0) is 91.1 Å². The number of rotatable bonds is 12. The van der Waals surface area contributed by atoms with Crippen molar-refractivity contribution in [2.45, 2.75) is 89.7 Å². The first-order valence-corrected chi connectivity index (χ1v) is 15.0. The number of nitrogens with two attached hydrogens (primary N) is 2. The minimum atomic E-state index is -2.28. The highest BCUT2D eigenvalue weighted by atomic mass is 16.6. The summed E-state index contributed by atoms with van der Waals surface area (Å²) in [6.45, 7) is 11.4. The van der Waals surface area contributed by atoms with Crippen LogP contribution in [0.3, 0.4) is 0 Å². The maximum absolute atomic E-state index is 13.5. The van der Waals surface area contributed by atoms with Crippen molar-refractivity contribution >= 4 is 29.8 Å². The molecule has 3 rings (SSSR count). The van der Waals surface area contributed by atoms with Crippen molar-refractivity contribution in [2.75, 3.05) is 26.2 Å². The molecule has 2 aliphatic heterocycles. The summed E-state index contributed by atoms with van der Waals surface area (Å²) in [7, 11) is 0. The van der Waals surface area contributed by atoms with Gasteiger partial charge in [0.1, 0.15) is 29.6 Å². The summed E-state index contributed by atoms with van der Waals surface area (Å²) in [5.41, 5.74) is 8.46. The molecule has 0 aromatic heterocycles. The number of hydrogen-bond donors (Lipinski definition) is 5. The second kappa shape index (κ2) is 14.0. The number of aliphatic carboxylic acids is 1. The molecular weight excluding hydrogens is 586 g/mol. The Morgan fingerprint density at radius 1 is 1.07 bits per heavy atom. The number of hydrogen-bond acceptors (Lipinski definition) is 11. The van der Waals surface area contributed by atoms with Gasteiger partial charge in [-0.1, -0.05) is 12.1 Å². The van der Waals surface area contributed by atoms with Crippen molar-refractivity contribution in [1.82, 2.24) is 10.2 Å². The lowest BCUT2D eigenvalue weighted by molar-refractivity contribution is -0.169. The molecule has 2 fully saturated rings. The second-order valence-electron chi connectivity index (χ2n) is 13.6. The smallest absolute Gasteiger partial charge is 0.411 e. The summed E-state index contributed by atoms with van der Waals surface area (Å²) < 4.78 is 22.3. The monoisotopic (exact) mass is 633 g/mol. The van der Waals surface area contributed by atoms with Gasteiger partial charge in [0.25, 0.3) is 0 Å². The van der Waals surface area contributed by atoms with Crippen LogP contribution in [0.1, 0.15) is 59.9 Å². The summed E-state index contributed by atoms with van der Waals surface area (Å²) in [4.78, 5) is 52.4. The number of ether oxygens (including phenoxy) is 4. The fraction of sp³-hybridized carbons (Fsp3) is 0.645. The standard InChI is InChI=1S/C31H47N5O9/c1-29(2,3)44-25(37)23(22(24(32)33)19-11-13-35-14-12-19)36-16-21(43-28(36)41)17-42-20-9-7-18(8-10-20)15-31(34,26(38)39)27(40)45-30(4,5)6/h7-10,19,21-23,35H,11-17,34H2,1-6H3,(H3,32,33)(H,38,39). The van der Waals surface area contributed by atoms with Gasteiger partial charge in [-0.2, -0.15) is 0 Å². The van der Waals surface area contributed by atoms with E-state index in [-0.39, 0.29) is 31.3 Å². The molecule has 45 heavy (non-hydrogen) atoms.